The SMILES string of the molecule is Cc1c(-c2ccc(-c3c[nH]c(C4CC5CC5N4C(=O)[C@H](NC(=O)O)C4C[C@H]5C[C@@H]5C4)n3)cc2)ccc(-c2c[nH]c(C3CC4CC4N3C(=O)[C@H](NC(=O)O)C3C[C@H]4C[C@@H]4C3)n2)c1C. The molecule has 0 bridgehead atoms. The summed E-state index contributed by atoms with van der Waals surface area (Å²) in [5, 5.41) is 24.6. The zero-order valence-electron chi connectivity index (χ0n) is 35.1. The van der Waals surface area contributed by atoms with Crippen molar-refractivity contribution in [3.8, 4) is 33.6 Å². The Labute approximate surface area is 359 Å². The number of rotatable bonds is 11. The van der Waals surface area contributed by atoms with Gasteiger partial charge in [-0.3, -0.25) is 9.59 Å². The Bertz CT molecular complexity index is 2490. The number of amides is 4. The van der Waals surface area contributed by atoms with Crippen molar-refractivity contribution in [2.24, 2.45) is 47.3 Å². The second kappa shape index (κ2) is 13.9. The first-order chi connectivity index (χ1) is 30.0. The van der Waals surface area contributed by atoms with Crippen molar-refractivity contribution in [2.75, 3.05) is 0 Å². The third kappa shape index (κ3) is 6.41. The van der Waals surface area contributed by atoms with Crippen molar-refractivity contribution in [3.63, 3.8) is 0 Å². The number of hydrogen-bond donors (Lipinski definition) is 6. The summed E-state index contributed by atoms with van der Waals surface area (Å²) < 4.78 is 0. The Kier molecular flexibility index (Phi) is 8.54. The molecule has 14 heteroatoms. The fraction of sp³-hybridized carbons (Fsp3) is 0.542. The molecule has 6 N–H and O–H groups in total. The predicted molar refractivity (Wildman–Crippen MR) is 227 cm³/mol. The van der Waals surface area contributed by atoms with Crippen LogP contribution in [0.5, 0.6) is 0 Å². The van der Waals surface area contributed by atoms with E-state index in [9.17, 15) is 29.4 Å². The number of carboxylic acid groups (broad SMARTS) is 2. The Morgan fingerprint density at radius 3 is 1.50 bits per heavy atom. The number of fused-ring (bicyclic) bond motifs is 4. The minimum atomic E-state index is -1.14. The smallest absolute Gasteiger partial charge is 0.405 e. The molecule has 6 unspecified atom stereocenters. The fourth-order valence-electron chi connectivity index (χ4n) is 13.0. The van der Waals surface area contributed by atoms with Crippen molar-refractivity contribution in [3.05, 3.63) is 71.6 Å². The van der Waals surface area contributed by atoms with Gasteiger partial charge in [0.05, 0.1) is 23.5 Å². The number of likely N-dealkylation sites (tertiary alicyclic amines) is 2. The summed E-state index contributed by atoms with van der Waals surface area (Å²) in [4.78, 5) is 72.8. The Hall–Kier alpha value is -5.66. The lowest BCUT2D eigenvalue weighted by Gasteiger charge is -2.33. The quantitative estimate of drug-likeness (QED) is 0.0896. The van der Waals surface area contributed by atoms with Gasteiger partial charge in [-0.1, -0.05) is 36.4 Å². The number of hydrogen-bond acceptors (Lipinski definition) is 6. The van der Waals surface area contributed by atoms with Gasteiger partial charge in [-0.05, 0) is 148 Å². The number of nitrogens with one attached hydrogen (secondary N) is 4. The van der Waals surface area contributed by atoms with E-state index in [4.69, 9.17) is 9.97 Å². The minimum absolute atomic E-state index is 0.0554. The van der Waals surface area contributed by atoms with E-state index in [1.807, 2.05) is 22.2 Å². The lowest BCUT2D eigenvalue weighted by Crippen LogP contribution is -2.52. The van der Waals surface area contributed by atoms with Crippen LogP contribution in [0.3, 0.4) is 0 Å². The third-order valence-corrected chi connectivity index (χ3v) is 16.7. The van der Waals surface area contributed by atoms with E-state index in [1.165, 1.54) is 12.8 Å². The van der Waals surface area contributed by atoms with Crippen LogP contribution >= 0.6 is 0 Å². The first-order valence-corrected chi connectivity index (χ1v) is 22.9. The fourth-order valence-corrected chi connectivity index (χ4v) is 13.0. The van der Waals surface area contributed by atoms with Gasteiger partial charge < -0.3 is 40.6 Å². The van der Waals surface area contributed by atoms with E-state index in [0.717, 1.165) is 108 Å². The second-order valence-corrected chi connectivity index (χ2v) is 20.3. The van der Waals surface area contributed by atoms with E-state index in [2.05, 4.69) is 70.8 Å². The van der Waals surface area contributed by atoms with Crippen molar-refractivity contribution < 1.29 is 29.4 Å². The maximum Gasteiger partial charge on any atom is 0.405 e. The third-order valence-electron chi connectivity index (χ3n) is 16.7. The number of aromatic nitrogens is 4. The number of benzene rings is 2. The summed E-state index contributed by atoms with van der Waals surface area (Å²) in [5.41, 5.74) is 8.08. The predicted octanol–water partition coefficient (Wildman–Crippen LogP) is 7.44. The van der Waals surface area contributed by atoms with Crippen LogP contribution in [0, 0.1) is 61.2 Å². The molecule has 62 heavy (non-hydrogen) atoms. The van der Waals surface area contributed by atoms with Crippen LogP contribution in [0.15, 0.2) is 48.8 Å². The van der Waals surface area contributed by atoms with Gasteiger partial charge in [0.15, 0.2) is 0 Å². The summed E-state index contributed by atoms with van der Waals surface area (Å²) >= 11 is 0. The molecule has 322 valence electrons. The molecule has 4 aromatic rings. The van der Waals surface area contributed by atoms with E-state index >= 15 is 0 Å². The highest BCUT2D eigenvalue weighted by Crippen LogP contribution is 2.59. The molecular formula is C48H54N8O6. The molecule has 6 aliphatic carbocycles. The molecule has 8 fully saturated rings. The monoisotopic (exact) mass is 838 g/mol. The topological polar surface area (TPSA) is 197 Å². The average Bonchev–Trinajstić information content (AvgIpc) is 4.19. The van der Waals surface area contributed by atoms with Crippen LogP contribution < -0.4 is 10.6 Å². The second-order valence-electron chi connectivity index (χ2n) is 20.3. The maximum absolute atomic E-state index is 14.2. The van der Waals surface area contributed by atoms with E-state index in [0.29, 0.717) is 35.5 Å². The van der Waals surface area contributed by atoms with Gasteiger partial charge in [0.1, 0.15) is 23.7 Å². The normalized spacial score (nSPS) is 32.1. The van der Waals surface area contributed by atoms with Crippen molar-refractivity contribution in [1.29, 1.82) is 0 Å². The molecule has 4 heterocycles. The van der Waals surface area contributed by atoms with Crippen LogP contribution in [0.1, 0.15) is 99.1 Å². The van der Waals surface area contributed by atoms with Gasteiger partial charge in [0.25, 0.3) is 0 Å². The maximum atomic E-state index is 14.2. The highest BCUT2D eigenvalue weighted by Gasteiger charge is 2.60. The number of carbonyl (C=O) groups excluding carboxylic acids is 2. The zero-order chi connectivity index (χ0) is 42.3. The summed E-state index contributed by atoms with van der Waals surface area (Å²) in [6.45, 7) is 4.25. The summed E-state index contributed by atoms with van der Waals surface area (Å²) in [5.74, 6) is 4.87. The van der Waals surface area contributed by atoms with Crippen LogP contribution in [-0.4, -0.2) is 88.1 Å². The van der Waals surface area contributed by atoms with Crippen LogP contribution in [0.4, 0.5) is 9.59 Å². The Morgan fingerprint density at radius 2 is 1.00 bits per heavy atom. The number of nitrogens with zero attached hydrogens (tertiary/aromatic N) is 4. The van der Waals surface area contributed by atoms with Gasteiger partial charge >= 0.3 is 12.2 Å². The average molecular weight is 839 g/mol. The van der Waals surface area contributed by atoms with Gasteiger partial charge in [0, 0.05) is 35.6 Å². The molecule has 14 nitrogen and oxygen atoms in total. The molecular weight excluding hydrogens is 785 g/mol. The van der Waals surface area contributed by atoms with Crippen LogP contribution in [0.2, 0.25) is 0 Å². The number of H-pyrrole nitrogens is 2. The largest absolute Gasteiger partial charge is 0.465 e. The zero-order valence-corrected chi connectivity index (χ0v) is 35.1. The molecule has 2 aromatic carbocycles. The Balaban J connectivity index is 0.742. The molecule has 4 amide bonds. The first-order valence-electron chi connectivity index (χ1n) is 22.9. The van der Waals surface area contributed by atoms with E-state index in [1.54, 1.807) is 0 Å². The minimum Gasteiger partial charge on any atom is -0.465 e. The molecule has 2 aliphatic heterocycles. The van der Waals surface area contributed by atoms with E-state index in [-0.39, 0.29) is 47.8 Å². The lowest BCUT2D eigenvalue weighted by atomic mass is 9.92. The van der Waals surface area contributed by atoms with Gasteiger partial charge in [-0.15, -0.1) is 0 Å². The number of carbonyl (C=O) groups is 4. The van der Waals surface area contributed by atoms with Gasteiger partial charge in [0.2, 0.25) is 11.8 Å². The molecule has 2 aromatic heterocycles. The molecule has 6 saturated carbocycles. The molecule has 0 spiro atoms. The highest BCUT2D eigenvalue weighted by molar-refractivity contribution is 5.88. The van der Waals surface area contributed by atoms with Crippen LogP contribution in [0.25, 0.3) is 33.6 Å². The molecule has 8 aliphatic rings. The van der Waals surface area contributed by atoms with Crippen molar-refractivity contribution in [2.45, 2.75) is 114 Å². The number of piperidine rings is 2. The molecule has 2 saturated heterocycles. The molecule has 12 rings (SSSR count). The summed E-state index contributed by atoms with van der Waals surface area (Å²) in [6, 6.07) is 11.1. The number of aromatic amines is 2. The van der Waals surface area contributed by atoms with Crippen molar-refractivity contribution in [1.82, 2.24) is 40.4 Å². The summed E-state index contributed by atoms with van der Waals surface area (Å²) in [7, 11) is 0. The summed E-state index contributed by atoms with van der Waals surface area (Å²) in [6.07, 6.45) is 11.3. The molecule has 0 radical (unpaired) electrons. The van der Waals surface area contributed by atoms with Gasteiger partial charge in [-0.2, -0.15) is 0 Å². The standard InChI is InChI=1S/C48H54N8O6/c1-21-22(2)34(36-20-50-44(52-36)40-18-30-16-38(30)56(40)46(58)42(54-48(61)62)32-13-27-10-28(27)14-32)8-7-33(21)23-3-5-24(6-4-23)35-19-49-43(51-35)39-17-29-15-37(29)55(39)45(57)41(53-47(59)60)31-11-25-9-26(25)12-31/h3-8,19-20,25-32,37-42,53-54H,9-18H2,1-2H3,(H,49,51)(H,50,52)(H,59,60)(H,61,62)/t25-,26-,27-,28-,29?,30?,37?,38?,39?,40?,41-,42-/m1/s1. The highest BCUT2D eigenvalue weighted by atomic mass is 16.4. The molecule has 12 atom stereocenters. The van der Waals surface area contributed by atoms with Gasteiger partial charge in [-0.25, -0.2) is 19.6 Å². The van der Waals surface area contributed by atoms with E-state index < -0.39 is 24.3 Å². The lowest BCUT2D eigenvalue weighted by molar-refractivity contribution is -0.137. The van der Waals surface area contributed by atoms with Crippen molar-refractivity contribution >= 4 is 24.0 Å². The number of imidazole rings is 2. The Morgan fingerprint density at radius 1 is 0.565 bits per heavy atom. The van der Waals surface area contributed by atoms with Crippen LogP contribution in [-0.2, 0) is 9.59 Å². The first kappa shape index (κ1) is 38.0.